The Hall–Kier alpha value is -2.67. The number of hydrogen-bond donors (Lipinski definition) is 0. The molecule has 0 N–H and O–H groups in total. The molecule has 140 valence electrons. The molecule has 0 aromatic carbocycles. The van der Waals surface area contributed by atoms with Crippen LogP contribution in [0.3, 0.4) is 0 Å². The standard InChI is InChI=1S/C17H14F3N5OS/c1-8-15(11-3-9(11)6-21)25-14(26)5-10(22-16(25)27-8)4-13-23-12(7-24(13)2)17(18,19)20/h5,7,9,11H,3-4H2,1-2H3. The molecule has 0 radical (unpaired) electrons. The molecular weight excluding hydrogens is 379 g/mol. The Bertz CT molecular complexity index is 1150. The summed E-state index contributed by atoms with van der Waals surface area (Å²) in [7, 11) is 1.48. The summed E-state index contributed by atoms with van der Waals surface area (Å²) in [5, 5.41) is 9.06. The molecule has 3 heterocycles. The van der Waals surface area contributed by atoms with Crippen LogP contribution in [0.1, 0.15) is 40.1 Å². The minimum absolute atomic E-state index is 0.0227. The predicted molar refractivity (Wildman–Crippen MR) is 91.6 cm³/mol. The molecule has 2 unspecified atom stereocenters. The number of halogens is 3. The topological polar surface area (TPSA) is 76.0 Å². The fourth-order valence-corrected chi connectivity index (χ4v) is 4.33. The van der Waals surface area contributed by atoms with Crippen molar-refractivity contribution in [2.75, 3.05) is 0 Å². The summed E-state index contributed by atoms with van der Waals surface area (Å²) >= 11 is 1.35. The van der Waals surface area contributed by atoms with Crippen molar-refractivity contribution in [2.45, 2.75) is 31.9 Å². The molecule has 0 aliphatic heterocycles. The molecular formula is C17H14F3N5OS. The summed E-state index contributed by atoms with van der Waals surface area (Å²) in [6.45, 7) is 1.88. The van der Waals surface area contributed by atoms with Crippen LogP contribution in [0, 0.1) is 24.2 Å². The Morgan fingerprint density at radius 2 is 2.15 bits per heavy atom. The van der Waals surface area contributed by atoms with E-state index in [4.69, 9.17) is 5.26 Å². The van der Waals surface area contributed by atoms with Gasteiger partial charge in [-0.3, -0.25) is 9.20 Å². The van der Waals surface area contributed by atoms with Crippen LogP contribution >= 0.6 is 11.3 Å². The van der Waals surface area contributed by atoms with Gasteiger partial charge in [0.05, 0.1) is 17.7 Å². The minimum atomic E-state index is -4.52. The maximum atomic E-state index is 12.8. The molecule has 6 nitrogen and oxygen atoms in total. The number of rotatable bonds is 3. The van der Waals surface area contributed by atoms with E-state index >= 15 is 0 Å². The molecule has 0 bridgehead atoms. The lowest BCUT2D eigenvalue weighted by Gasteiger charge is -2.04. The first-order valence-electron chi connectivity index (χ1n) is 8.20. The SMILES string of the molecule is Cc1sc2nc(Cc3nc(C(F)(F)F)cn3C)cc(=O)n2c1C1CC1C#N. The highest BCUT2D eigenvalue weighted by atomic mass is 32.1. The van der Waals surface area contributed by atoms with Crippen molar-refractivity contribution in [2.24, 2.45) is 13.0 Å². The Balaban J connectivity index is 1.72. The first-order valence-corrected chi connectivity index (χ1v) is 9.01. The first kappa shape index (κ1) is 17.7. The largest absolute Gasteiger partial charge is 0.434 e. The summed E-state index contributed by atoms with van der Waals surface area (Å²) < 4.78 is 41.3. The normalized spacial score (nSPS) is 19.4. The van der Waals surface area contributed by atoms with Gasteiger partial charge in [0.2, 0.25) is 0 Å². The van der Waals surface area contributed by atoms with Gasteiger partial charge in [-0.1, -0.05) is 0 Å². The van der Waals surface area contributed by atoms with E-state index in [9.17, 15) is 18.0 Å². The van der Waals surface area contributed by atoms with Crippen LogP contribution in [-0.2, 0) is 19.6 Å². The molecule has 0 spiro atoms. The van der Waals surface area contributed by atoms with Crippen molar-refractivity contribution in [3.05, 3.63) is 50.4 Å². The van der Waals surface area contributed by atoms with Crippen LogP contribution in [0.2, 0.25) is 0 Å². The Morgan fingerprint density at radius 3 is 2.74 bits per heavy atom. The van der Waals surface area contributed by atoms with E-state index in [0.29, 0.717) is 10.7 Å². The van der Waals surface area contributed by atoms with E-state index in [1.54, 1.807) is 0 Å². The number of hydrogen-bond acceptors (Lipinski definition) is 5. The number of nitriles is 1. The van der Waals surface area contributed by atoms with Crippen molar-refractivity contribution in [3.8, 4) is 6.07 Å². The molecule has 0 amide bonds. The second-order valence-corrected chi connectivity index (χ2v) is 7.83. The van der Waals surface area contributed by atoms with Gasteiger partial charge >= 0.3 is 6.18 Å². The van der Waals surface area contributed by atoms with Gasteiger partial charge in [0.15, 0.2) is 10.7 Å². The molecule has 2 atom stereocenters. The third kappa shape index (κ3) is 3.02. The number of imidazole rings is 1. The van der Waals surface area contributed by atoms with Crippen LogP contribution in [-0.4, -0.2) is 18.9 Å². The zero-order chi connectivity index (χ0) is 19.5. The maximum Gasteiger partial charge on any atom is 0.434 e. The summed E-state index contributed by atoms with van der Waals surface area (Å²) in [6, 6.07) is 3.55. The van der Waals surface area contributed by atoms with Gasteiger partial charge in [-0.25, -0.2) is 9.97 Å². The maximum absolute atomic E-state index is 12.8. The molecule has 1 aliphatic carbocycles. The summed E-state index contributed by atoms with van der Waals surface area (Å²) in [5.74, 6) is 0.137. The van der Waals surface area contributed by atoms with E-state index < -0.39 is 11.9 Å². The van der Waals surface area contributed by atoms with Crippen molar-refractivity contribution in [1.29, 1.82) is 5.26 Å². The highest BCUT2D eigenvalue weighted by molar-refractivity contribution is 7.17. The monoisotopic (exact) mass is 393 g/mol. The lowest BCUT2D eigenvalue weighted by atomic mass is 10.2. The fraction of sp³-hybridized carbons (Fsp3) is 0.412. The van der Waals surface area contributed by atoms with Crippen LogP contribution in [0.15, 0.2) is 17.1 Å². The van der Waals surface area contributed by atoms with Gasteiger partial charge in [0.1, 0.15) is 5.82 Å². The van der Waals surface area contributed by atoms with E-state index in [1.165, 1.54) is 33.4 Å². The number of fused-ring (bicyclic) bond motifs is 1. The summed E-state index contributed by atoms with van der Waals surface area (Å²) in [5.41, 5.74) is -0.0728. The van der Waals surface area contributed by atoms with E-state index in [-0.39, 0.29) is 29.6 Å². The van der Waals surface area contributed by atoms with Crippen LogP contribution < -0.4 is 5.56 Å². The van der Waals surface area contributed by atoms with Gasteiger partial charge < -0.3 is 4.57 Å². The average Bonchev–Trinajstić information content (AvgIpc) is 3.13. The number of alkyl halides is 3. The van der Waals surface area contributed by atoms with Gasteiger partial charge in [-0.05, 0) is 13.3 Å². The molecule has 10 heteroatoms. The molecule has 1 fully saturated rings. The van der Waals surface area contributed by atoms with Crippen LogP contribution in [0.4, 0.5) is 13.2 Å². The van der Waals surface area contributed by atoms with Crippen molar-refractivity contribution >= 4 is 16.3 Å². The van der Waals surface area contributed by atoms with E-state index in [1.807, 2.05) is 6.92 Å². The molecule has 3 aromatic heterocycles. The van der Waals surface area contributed by atoms with Crippen molar-refractivity contribution in [1.82, 2.24) is 18.9 Å². The summed E-state index contributed by atoms with van der Waals surface area (Å²) in [4.78, 5) is 22.1. The molecule has 3 aromatic rings. The highest BCUT2D eigenvalue weighted by Gasteiger charge is 2.42. The fourth-order valence-electron chi connectivity index (χ4n) is 3.27. The third-order valence-corrected chi connectivity index (χ3v) is 5.67. The Labute approximate surface area is 155 Å². The smallest absolute Gasteiger partial charge is 0.337 e. The summed E-state index contributed by atoms with van der Waals surface area (Å²) in [6.07, 6.45) is -2.85. The molecule has 4 rings (SSSR count). The van der Waals surface area contributed by atoms with E-state index in [2.05, 4.69) is 16.0 Å². The Morgan fingerprint density at radius 1 is 1.41 bits per heavy atom. The number of nitrogens with zero attached hydrogens (tertiary/aromatic N) is 5. The number of aromatic nitrogens is 4. The predicted octanol–water partition coefficient (Wildman–Crippen LogP) is 3.03. The first-order chi connectivity index (χ1) is 12.7. The van der Waals surface area contributed by atoms with Gasteiger partial charge in [-0.15, -0.1) is 11.3 Å². The molecule has 0 saturated heterocycles. The molecule has 1 saturated carbocycles. The van der Waals surface area contributed by atoms with Crippen molar-refractivity contribution in [3.63, 3.8) is 0 Å². The second kappa shape index (κ2) is 5.92. The Kier molecular flexibility index (Phi) is 3.89. The van der Waals surface area contributed by atoms with E-state index in [0.717, 1.165) is 23.2 Å². The van der Waals surface area contributed by atoms with Crippen molar-refractivity contribution < 1.29 is 13.2 Å². The third-order valence-electron chi connectivity index (χ3n) is 4.70. The van der Waals surface area contributed by atoms with Crippen LogP contribution in [0.5, 0.6) is 0 Å². The quantitative estimate of drug-likeness (QED) is 0.685. The lowest BCUT2D eigenvalue weighted by Crippen LogP contribution is -2.17. The molecule has 27 heavy (non-hydrogen) atoms. The average molecular weight is 393 g/mol. The molecule has 1 aliphatic rings. The second-order valence-electron chi connectivity index (χ2n) is 6.65. The van der Waals surface area contributed by atoms with Gasteiger partial charge in [0, 0.05) is 42.2 Å². The number of thiazole rings is 1. The van der Waals surface area contributed by atoms with Gasteiger partial charge in [0.25, 0.3) is 5.56 Å². The van der Waals surface area contributed by atoms with Gasteiger partial charge in [-0.2, -0.15) is 18.4 Å². The number of aryl methyl sites for hydroxylation is 2. The minimum Gasteiger partial charge on any atom is -0.337 e. The van der Waals surface area contributed by atoms with Crippen LogP contribution in [0.25, 0.3) is 4.96 Å². The zero-order valence-electron chi connectivity index (χ0n) is 14.4. The highest BCUT2D eigenvalue weighted by Crippen LogP contribution is 2.49. The lowest BCUT2D eigenvalue weighted by molar-refractivity contribution is -0.141. The zero-order valence-corrected chi connectivity index (χ0v) is 15.2.